The van der Waals surface area contributed by atoms with Crippen molar-refractivity contribution in [3.8, 4) is 0 Å². The Hall–Kier alpha value is -0.570. The minimum absolute atomic E-state index is 0.0549. The fourth-order valence-corrected chi connectivity index (χ4v) is 9.71. The predicted molar refractivity (Wildman–Crippen MR) is 121 cm³/mol. The number of carbonyl (C=O) groups is 1. The van der Waals surface area contributed by atoms with Crippen LogP contribution in [0.5, 0.6) is 0 Å². The monoisotopic (exact) mass is 418 g/mol. The van der Waals surface area contributed by atoms with Gasteiger partial charge in [-0.25, -0.2) is 0 Å². The fourth-order valence-electron chi connectivity index (χ4n) is 9.71. The van der Waals surface area contributed by atoms with Crippen LogP contribution in [0.4, 0.5) is 0 Å². The highest BCUT2D eigenvalue weighted by Crippen LogP contribution is 2.70. The zero-order chi connectivity index (χ0) is 21.9. The van der Waals surface area contributed by atoms with Gasteiger partial charge in [-0.05, 0) is 110 Å². The number of esters is 1. The highest BCUT2D eigenvalue weighted by molar-refractivity contribution is 5.69. The zero-order valence-electron chi connectivity index (χ0n) is 20.4. The quantitative estimate of drug-likeness (QED) is 0.550. The summed E-state index contributed by atoms with van der Waals surface area (Å²) in [5.74, 6) is 4.53. The van der Waals surface area contributed by atoms with Crippen molar-refractivity contribution in [2.75, 3.05) is 7.11 Å². The molecule has 0 bridgehead atoms. The van der Waals surface area contributed by atoms with E-state index in [0.29, 0.717) is 29.1 Å². The number of carbonyl (C=O) groups excluding carboxylic acids is 1. The minimum atomic E-state index is -0.132. The highest BCUT2D eigenvalue weighted by Gasteiger charge is 2.63. The Kier molecular flexibility index (Phi) is 5.87. The molecule has 0 aromatic rings. The van der Waals surface area contributed by atoms with Crippen molar-refractivity contribution in [1.82, 2.24) is 0 Å². The van der Waals surface area contributed by atoms with E-state index in [4.69, 9.17) is 4.74 Å². The Labute approximate surface area is 184 Å². The second-order valence-corrected chi connectivity index (χ2v) is 12.7. The van der Waals surface area contributed by atoms with Crippen LogP contribution in [-0.4, -0.2) is 24.3 Å². The van der Waals surface area contributed by atoms with Crippen LogP contribution in [0.2, 0.25) is 0 Å². The van der Waals surface area contributed by atoms with E-state index >= 15 is 0 Å². The second-order valence-electron chi connectivity index (χ2n) is 12.7. The van der Waals surface area contributed by atoms with Crippen molar-refractivity contribution in [3.05, 3.63) is 0 Å². The summed E-state index contributed by atoms with van der Waals surface area (Å²) < 4.78 is 4.89. The van der Waals surface area contributed by atoms with Crippen molar-refractivity contribution < 1.29 is 14.6 Å². The third-order valence-corrected chi connectivity index (χ3v) is 11.4. The summed E-state index contributed by atoms with van der Waals surface area (Å²) in [4.78, 5) is 11.7. The summed E-state index contributed by atoms with van der Waals surface area (Å²) in [5, 5.41) is 10.7. The molecule has 0 spiro atoms. The summed E-state index contributed by atoms with van der Waals surface area (Å²) in [6, 6.07) is 0. The molecule has 0 amide bonds. The lowest BCUT2D eigenvalue weighted by Gasteiger charge is -2.64. The lowest BCUT2D eigenvalue weighted by molar-refractivity contribution is -0.179. The number of aliphatic hydroxyl groups excluding tert-OH is 1. The van der Waals surface area contributed by atoms with Crippen LogP contribution in [0, 0.1) is 51.8 Å². The third-order valence-electron chi connectivity index (χ3n) is 11.4. The lowest BCUT2D eigenvalue weighted by Crippen LogP contribution is -2.59. The van der Waals surface area contributed by atoms with E-state index in [0.717, 1.165) is 36.5 Å². The molecule has 0 radical (unpaired) electrons. The molecule has 3 nitrogen and oxygen atoms in total. The number of rotatable bonds is 4. The first-order chi connectivity index (χ1) is 14.1. The van der Waals surface area contributed by atoms with Crippen LogP contribution in [0.3, 0.4) is 0 Å². The number of methoxy groups -OCH3 is 1. The molecule has 0 aromatic carbocycles. The summed E-state index contributed by atoms with van der Waals surface area (Å²) in [6.45, 7) is 12.2. The molecule has 4 fully saturated rings. The summed E-state index contributed by atoms with van der Waals surface area (Å²) in [6.07, 6.45) is 11.7. The van der Waals surface area contributed by atoms with Gasteiger partial charge in [-0.3, -0.25) is 4.79 Å². The smallest absolute Gasteiger partial charge is 0.305 e. The Bertz CT molecular complexity index is 656. The number of hydrogen-bond donors (Lipinski definition) is 1. The molecule has 4 aliphatic rings. The first-order valence-corrected chi connectivity index (χ1v) is 12.8. The largest absolute Gasteiger partial charge is 0.469 e. The Morgan fingerprint density at radius 1 is 0.967 bits per heavy atom. The molecule has 0 unspecified atom stereocenters. The molecule has 4 saturated carbocycles. The molecule has 30 heavy (non-hydrogen) atoms. The maximum atomic E-state index is 11.7. The first-order valence-electron chi connectivity index (χ1n) is 12.8. The van der Waals surface area contributed by atoms with Crippen molar-refractivity contribution in [1.29, 1.82) is 0 Å². The summed E-state index contributed by atoms with van der Waals surface area (Å²) >= 11 is 0. The molecule has 4 rings (SSSR count). The third kappa shape index (κ3) is 3.28. The van der Waals surface area contributed by atoms with Gasteiger partial charge >= 0.3 is 5.97 Å². The normalized spacial score (nSPS) is 48.2. The van der Waals surface area contributed by atoms with Gasteiger partial charge in [0, 0.05) is 6.42 Å². The molecule has 172 valence electrons. The number of ether oxygens (including phenoxy) is 1. The van der Waals surface area contributed by atoms with Gasteiger partial charge in [-0.1, -0.05) is 34.6 Å². The number of fused-ring (bicyclic) bond motifs is 5. The van der Waals surface area contributed by atoms with Crippen LogP contribution in [0.15, 0.2) is 0 Å². The van der Waals surface area contributed by atoms with Gasteiger partial charge in [0.05, 0.1) is 13.2 Å². The van der Waals surface area contributed by atoms with Gasteiger partial charge in [0.1, 0.15) is 0 Å². The molecule has 4 aliphatic carbocycles. The van der Waals surface area contributed by atoms with Crippen molar-refractivity contribution >= 4 is 5.97 Å². The molecule has 9 atom stereocenters. The Morgan fingerprint density at radius 3 is 2.33 bits per heavy atom. The molecular weight excluding hydrogens is 372 g/mol. The average molecular weight is 419 g/mol. The van der Waals surface area contributed by atoms with E-state index in [-0.39, 0.29) is 17.5 Å². The van der Waals surface area contributed by atoms with Gasteiger partial charge < -0.3 is 9.84 Å². The van der Waals surface area contributed by atoms with Crippen LogP contribution >= 0.6 is 0 Å². The van der Waals surface area contributed by atoms with Gasteiger partial charge in [-0.2, -0.15) is 0 Å². The Morgan fingerprint density at radius 2 is 1.63 bits per heavy atom. The molecule has 0 aliphatic heterocycles. The predicted octanol–water partition coefficient (Wildman–Crippen LogP) is 6.23. The standard InChI is InChI=1S/C27H46O3/c1-17(7-12-24(29)30-6)19-9-10-20-18-8-11-22-25(2,3)23(28)14-16-27(22,5)21(18)13-15-26(19,20)4/h17-23,28H,7-16H2,1-6H3/t17-,18+,19-,20+,21+,22+,23+,26-,27-/m1/s1. The summed E-state index contributed by atoms with van der Waals surface area (Å²) in [5.41, 5.74) is 0.907. The second kappa shape index (κ2) is 7.78. The number of aliphatic hydroxyl groups is 1. The van der Waals surface area contributed by atoms with Crippen molar-refractivity contribution in [2.24, 2.45) is 51.8 Å². The summed E-state index contributed by atoms with van der Waals surface area (Å²) in [7, 11) is 1.50. The Balaban J connectivity index is 1.52. The van der Waals surface area contributed by atoms with Crippen LogP contribution in [0.25, 0.3) is 0 Å². The van der Waals surface area contributed by atoms with Gasteiger partial charge in [0.15, 0.2) is 0 Å². The van der Waals surface area contributed by atoms with Gasteiger partial charge in [0.25, 0.3) is 0 Å². The molecule has 3 heteroatoms. The lowest BCUT2D eigenvalue weighted by atomic mass is 9.41. The van der Waals surface area contributed by atoms with Crippen molar-refractivity contribution in [2.45, 2.75) is 105 Å². The van der Waals surface area contributed by atoms with E-state index in [9.17, 15) is 9.90 Å². The van der Waals surface area contributed by atoms with E-state index in [1.807, 2.05) is 0 Å². The van der Waals surface area contributed by atoms with Crippen LogP contribution in [-0.2, 0) is 9.53 Å². The topological polar surface area (TPSA) is 46.5 Å². The molecule has 0 aromatic heterocycles. The number of hydrogen-bond acceptors (Lipinski definition) is 3. The molecular formula is C27H46O3. The minimum Gasteiger partial charge on any atom is -0.469 e. The van der Waals surface area contributed by atoms with E-state index in [1.165, 1.54) is 52.1 Å². The van der Waals surface area contributed by atoms with Gasteiger partial charge in [0.2, 0.25) is 0 Å². The van der Waals surface area contributed by atoms with Gasteiger partial charge in [-0.15, -0.1) is 0 Å². The fraction of sp³-hybridized carbons (Fsp3) is 0.963. The zero-order valence-corrected chi connectivity index (χ0v) is 20.4. The van der Waals surface area contributed by atoms with E-state index in [2.05, 4.69) is 34.6 Å². The average Bonchev–Trinajstić information content (AvgIpc) is 3.06. The molecule has 1 N–H and O–H groups in total. The maximum Gasteiger partial charge on any atom is 0.305 e. The maximum absolute atomic E-state index is 11.7. The van der Waals surface area contributed by atoms with E-state index in [1.54, 1.807) is 0 Å². The van der Waals surface area contributed by atoms with E-state index < -0.39 is 0 Å². The van der Waals surface area contributed by atoms with Crippen molar-refractivity contribution in [3.63, 3.8) is 0 Å². The molecule has 0 heterocycles. The van der Waals surface area contributed by atoms with Crippen LogP contribution in [0.1, 0.15) is 98.8 Å². The van der Waals surface area contributed by atoms with Crippen LogP contribution < -0.4 is 0 Å². The SMILES string of the molecule is COC(=O)CC[C@@H](C)[C@H]1CC[C@H]2[C@@H]3CC[C@H]4C(C)(C)[C@@H](O)CC[C@]4(C)[C@H]3CC[C@]12C. The highest BCUT2D eigenvalue weighted by atomic mass is 16.5. The molecule has 0 saturated heterocycles. The first kappa shape index (κ1) is 22.6.